The van der Waals surface area contributed by atoms with Gasteiger partial charge in [-0.15, -0.1) is 0 Å². The lowest BCUT2D eigenvalue weighted by molar-refractivity contribution is -0.384. The molecule has 0 saturated carbocycles. The number of hydrogen-bond acceptors (Lipinski definition) is 7. The van der Waals surface area contributed by atoms with Crippen LogP contribution in [0, 0.1) is 10.1 Å². The van der Waals surface area contributed by atoms with Crippen LogP contribution >= 0.6 is 0 Å². The molecule has 10 nitrogen and oxygen atoms in total. The van der Waals surface area contributed by atoms with Crippen LogP contribution in [0.15, 0.2) is 42.5 Å². The predicted octanol–water partition coefficient (Wildman–Crippen LogP) is 2.75. The van der Waals surface area contributed by atoms with Gasteiger partial charge in [0.2, 0.25) is 5.91 Å². The third kappa shape index (κ3) is 5.76. The van der Waals surface area contributed by atoms with Crippen LogP contribution in [-0.4, -0.2) is 35.9 Å². The maximum atomic E-state index is 12.4. The highest BCUT2D eigenvalue weighted by atomic mass is 16.6. The molecule has 2 rings (SSSR count). The van der Waals surface area contributed by atoms with Gasteiger partial charge in [-0.05, 0) is 37.3 Å². The van der Waals surface area contributed by atoms with Gasteiger partial charge in [0, 0.05) is 30.4 Å². The molecule has 0 aromatic heterocycles. The summed E-state index contributed by atoms with van der Waals surface area (Å²) in [5.74, 6) is -1.68. The number of non-ortho nitro benzene ring substituents is 1. The average Bonchev–Trinajstić information content (AvgIpc) is 2.68. The summed E-state index contributed by atoms with van der Waals surface area (Å²) in [6.45, 7) is 2.74. The van der Waals surface area contributed by atoms with Gasteiger partial charge in [-0.25, -0.2) is 4.79 Å². The van der Waals surface area contributed by atoms with Crippen molar-refractivity contribution in [2.45, 2.75) is 20.0 Å². The zero-order chi connectivity index (χ0) is 21.6. The second-order valence-corrected chi connectivity index (χ2v) is 5.94. The number of carbonyl (C=O) groups is 3. The van der Waals surface area contributed by atoms with Crippen LogP contribution in [0.4, 0.5) is 17.1 Å². The Morgan fingerprint density at radius 1 is 1.03 bits per heavy atom. The van der Waals surface area contributed by atoms with Gasteiger partial charge in [0.1, 0.15) is 11.3 Å². The van der Waals surface area contributed by atoms with Crippen LogP contribution < -0.4 is 15.4 Å². The maximum absolute atomic E-state index is 12.4. The van der Waals surface area contributed by atoms with Crippen molar-refractivity contribution in [3.05, 3.63) is 58.1 Å². The Balaban J connectivity index is 2.05. The molecule has 0 bridgehead atoms. The smallest absolute Gasteiger partial charge is 0.342 e. The monoisotopic (exact) mass is 401 g/mol. The molecular formula is C19H19N3O7. The summed E-state index contributed by atoms with van der Waals surface area (Å²) in [4.78, 5) is 45.9. The summed E-state index contributed by atoms with van der Waals surface area (Å²) in [5, 5.41) is 16.1. The average molecular weight is 401 g/mol. The number of nitro groups is 1. The third-order valence-corrected chi connectivity index (χ3v) is 3.74. The van der Waals surface area contributed by atoms with Crippen LogP contribution in [0.2, 0.25) is 0 Å². The van der Waals surface area contributed by atoms with Gasteiger partial charge >= 0.3 is 5.97 Å². The maximum Gasteiger partial charge on any atom is 0.342 e. The number of benzene rings is 2. The summed E-state index contributed by atoms with van der Waals surface area (Å²) >= 11 is 0. The highest BCUT2D eigenvalue weighted by Gasteiger charge is 2.23. The van der Waals surface area contributed by atoms with Crippen LogP contribution in [-0.2, 0) is 14.3 Å². The fraction of sp³-hybridized carbons (Fsp3) is 0.211. The van der Waals surface area contributed by atoms with E-state index in [1.165, 1.54) is 33.1 Å². The number of carbonyl (C=O) groups excluding carboxylic acids is 3. The number of rotatable bonds is 7. The standard InChI is InChI=1S/C19H19N3O7/c1-11(18(24)21-14-6-4-13(5-7-14)20-12(2)23)29-19(25)16-10-15(22(26)27)8-9-17(16)28-3/h4-11H,1-3H3,(H,20,23)(H,21,24)/t11-/m1/s1. The fourth-order valence-corrected chi connectivity index (χ4v) is 2.33. The molecule has 152 valence electrons. The SMILES string of the molecule is COc1ccc([N+](=O)[O-])cc1C(=O)O[C@H](C)C(=O)Nc1ccc(NC(C)=O)cc1. The quantitative estimate of drug-likeness (QED) is 0.413. The molecule has 0 aliphatic rings. The van der Waals surface area contributed by atoms with Crippen LogP contribution in [0.1, 0.15) is 24.2 Å². The molecule has 1 atom stereocenters. The molecule has 0 aliphatic carbocycles. The molecule has 2 aromatic carbocycles. The highest BCUT2D eigenvalue weighted by Crippen LogP contribution is 2.25. The molecule has 0 saturated heterocycles. The van der Waals surface area contributed by atoms with Crippen molar-refractivity contribution in [3.8, 4) is 5.75 Å². The molecular weight excluding hydrogens is 382 g/mol. The van der Waals surface area contributed by atoms with Crippen molar-refractivity contribution < 1.29 is 28.8 Å². The number of ether oxygens (including phenoxy) is 2. The minimum atomic E-state index is -1.18. The van der Waals surface area contributed by atoms with Crippen LogP contribution in [0.25, 0.3) is 0 Å². The lowest BCUT2D eigenvalue weighted by atomic mass is 10.1. The molecule has 2 aromatic rings. The van der Waals surface area contributed by atoms with Gasteiger partial charge in [0.15, 0.2) is 6.10 Å². The van der Waals surface area contributed by atoms with E-state index in [1.807, 2.05) is 0 Å². The molecule has 0 unspecified atom stereocenters. The van der Waals surface area contributed by atoms with Gasteiger partial charge in [0.25, 0.3) is 11.6 Å². The Morgan fingerprint density at radius 2 is 1.62 bits per heavy atom. The molecule has 0 radical (unpaired) electrons. The van der Waals surface area contributed by atoms with E-state index in [9.17, 15) is 24.5 Å². The number of nitrogens with one attached hydrogen (secondary N) is 2. The van der Waals surface area contributed by atoms with Gasteiger partial charge in [-0.3, -0.25) is 19.7 Å². The summed E-state index contributed by atoms with van der Waals surface area (Å²) < 4.78 is 10.1. The van der Waals surface area contributed by atoms with E-state index in [-0.39, 0.29) is 22.9 Å². The van der Waals surface area contributed by atoms with E-state index in [0.29, 0.717) is 11.4 Å². The first-order valence-corrected chi connectivity index (χ1v) is 8.43. The molecule has 0 spiro atoms. The molecule has 0 aliphatic heterocycles. The van der Waals surface area contributed by atoms with E-state index in [0.717, 1.165) is 6.07 Å². The van der Waals surface area contributed by atoms with Crippen molar-refractivity contribution in [2.75, 3.05) is 17.7 Å². The molecule has 0 heterocycles. The molecule has 2 N–H and O–H groups in total. The first-order valence-electron chi connectivity index (χ1n) is 8.43. The zero-order valence-corrected chi connectivity index (χ0v) is 15.9. The highest BCUT2D eigenvalue weighted by molar-refractivity contribution is 5.99. The van der Waals surface area contributed by atoms with E-state index in [2.05, 4.69) is 10.6 Å². The van der Waals surface area contributed by atoms with E-state index in [1.54, 1.807) is 24.3 Å². The number of esters is 1. The molecule has 2 amide bonds. The van der Waals surface area contributed by atoms with E-state index >= 15 is 0 Å². The normalized spacial score (nSPS) is 11.1. The number of anilines is 2. The van der Waals surface area contributed by atoms with Crippen LogP contribution in [0.3, 0.4) is 0 Å². The largest absolute Gasteiger partial charge is 0.496 e. The lowest BCUT2D eigenvalue weighted by Gasteiger charge is -2.15. The van der Waals surface area contributed by atoms with Crippen molar-refractivity contribution in [1.29, 1.82) is 0 Å². The Labute approximate surface area is 166 Å². The van der Waals surface area contributed by atoms with Crippen molar-refractivity contribution in [1.82, 2.24) is 0 Å². The van der Waals surface area contributed by atoms with Gasteiger partial charge in [0.05, 0.1) is 12.0 Å². The summed E-state index contributed by atoms with van der Waals surface area (Å²) in [7, 11) is 1.30. The number of methoxy groups -OCH3 is 1. The summed E-state index contributed by atoms with van der Waals surface area (Å²) in [6, 6.07) is 9.82. The van der Waals surface area contributed by atoms with Crippen molar-refractivity contribution in [2.24, 2.45) is 0 Å². The minimum Gasteiger partial charge on any atom is -0.496 e. The zero-order valence-electron chi connectivity index (χ0n) is 15.9. The first kappa shape index (κ1) is 21.4. The Kier molecular flexibility index (Phi) is 6.85. The summed E-state index contributed by atoms with van der Waals surface area (Å²) in [6.07, 6.45) is -1.18. The van der Waals surface area contributed by atoms with Crippen molar-refractivity contribution in [3.63, 3.8) is 0 Å². The fourth-order valence-electron chi connectivity index (χ4n) is 2.33. The number of hydrogen-bond donors (Lipinski definition) is 2. The third-order valence-electron chi connectivity index (χ3n) is 3.74. The Hall–Kier alpha value is -3.95. The summed E-state index contributed by atoms with van der Waals surface area (Å²) in [5.41, 5.74) is 0.516. The van der Waals surface area contributed by atoms with Gasteiger partial charge in [-0.1, -0.05) is 0 Å². The van der Waals surface area contributed by atoms with E-state index < -0.39 is 22.9 Å². The minimum absolute atomic E-state index is 0.0850. The number of nitro benzene ring substituents is 1. The Bertz CT molecular complexity index is 941. The van der Waals surface area contributed by atoms with Gasteiger partial charge < -0.3 is 20.1 Å². The molecule has 29 heavy (non-hydrogen) atoms. The van der Waals surface area contributed by atoms with Crippen LogP contribution in [0.5, 0.6) is 5.75 Å². The second-order valence-electron chi connectivity index (χ2n) is 5.94. The predicted molar refractivity (Wildman–Crippen MR) is 104 cm³/mol. The first-order chi connectivity index (χ1) is 13.7. The number of nitrogens with zero attached hydrogens (tertiary/aromatic N) is 1. The lowest BCUT2D eigenvalue weighted by Crippen LogP contribution is -2.30. The molecule has 0 fully saturated rings. The second kappa shape index (κ2) is 9.31. The number of amides is 2. The Morgan fingerprint density at radius 3 is 2.14 bits per heavy atom. The topological polar surface area (TPSA) is 137 Å². The molecule has 10 heteroatoms. The van der Waals surface area contributed by atoms with E-state index in [4.69, 9.17) is 9.47 Å². The van der Waals surface area contributed by atoms with Crippen molar-refractivity contribution >= 4 is 34.8 Å². The van der Waals surface area contributed by atoms with Gasteiger partial charge in [-0.2, -0.15) is 0 Å².